The number of thioether (sulfide) groups is 1. The van der Waals surface area contributed by atoms with Crippen molar-refractivity contribution in [1.82, 2.24) is 50.4 Å². The van der Waals surface area contributed by atoms with Crippen molar-refractivity contribution in [2.75, 3.05) is 75.7 Å². The van der Waals surface area contributed by atoms with E-state index in [1.54, 1.807) is 23.0 Å². The molecule has 4 amide bonds. The number of aromatic nitrogens is 6. The van der Waals surface area contributed by atoms with Crippen LogP contribution in [0, 0.1) is 18.3 Å². The first kappa shape index (κ1) is 58.8. The maximum atomic E-state index is 13.1. The topological polar surface area (TPSA) is 237 Å². The average molecular weight is 1160 g/mol. The van der Waals surface area contributed by atoms with Crippen molar-refractivity contribution < 1.29 is 46.5 Å². The van der Waals surface area contributed by atoms with E-state index in [1.165, 1.54) is 18.0 Å². The molecule has 0 aliphatic carbocycles. The fourth-order valence-corrected chi connectivity index (χ4v) is 12.9. The molecule has 5 N–H and O–H groups in total. The number of benzene rings is 2. The van der Waals surface area contributed by atoms with E-state index in [1.807, 2.05) is 34.5 Å². The highest BCUT2D eigenvalue weighted by Gasteiger charge is 2.42. The van der Waals surface area contributed by atoms with Crippen molar-refractivity contribution in [2.45, 2.75) is 114 Å². The summed E-state index contributed by atoms with van der Waals surface area (Å²) in [6.45, 7) is 11.9. The number of nitrogens with zero attached hydrogens (tertiary/aromatic N) is 8. The summed E-state index contributed by atoms with van der Waals surface area (Å²) in [6.07, 6.45) is 4.53. The van der Waals surface area contributed by atoms with Crippen LogP contribution in [0.3, 0.4) is 0 Å². The van der Waals surface area contributed by atoms with E-state index >= 15 is 0 Å². The summed E-state index contributed by atoms with van der Waals surface area (Å²) in [5.74, 6) is 1.57. The van der Waals surface area contributed by atoms with Crippen LogP contribution in [0.1, 0.15) is 71.5 Å². The van der Waals surface area contributed by atoms with Gasteiger partial charge in [-0.1, -0.05) is 30.3 Å². The second kappa shape index (κ2) is 28.2. The number of likely N-dealkylation sites (tertiary alicyclic amines) is 1. The summed E-state index contributed by atoms with van der Waals surface area (Å²) in [5, 5.41) is 36.0. The molecular weight excluding hydrogens is 1090 g/mol. The van der Waals surface area contributed by atoms with Crippen molar-refractivity contribution in [2.24, 2.45) is 0 Å². The van der Waals surface area contributed by atoms with E-state index in [2.05, 4.69) is 83.5 Å². The predicted octanol–water partition coefficient (Wildman–Crippen LogP) is 7.44. The number of unbranched alkanes of at least 4 members (excludes halogenated alkanes) is 1. The third-order valence-corrected chi connectivity index (χ3v) is 17.1. The average Bonchev–Trinajstić information content (AvgIpc) is 4.50. The fraction of sp³-hybridized carbons (Fsp3) is 0.500. The number of alkyl halides is 3. The maximum Gasteiger partial charge on any atom is 0.393 e. The Morgan fingerprint density at radius 1 is 0.975 bits per heavy atom. The fourth-order valence-electron chi connectivity index (χ4n) is 10.4. The summed E-state index contributed by atoms with van der Waals surface area (Å²) in [6, 6.07) is 16.1. The SMILES string of the molecule is C=CC(=O)Nc1ccc(CCn2c(C#N)cc3c(C)c(CN4CCC(Nc5ncnc6sc(CC(F)(F)F)cc56)CC4)ccc32)cc1OCc1cn(CCOCCOCCOCCNC(=O)CCCC[C@H]2SC[C@H]3NC(=O)N[C@H]32)nn1. The smallest absolute Gasteiger partial charge is 0.393 e. The highest BCUT2D eigenvalue weighted by Crippen LogP contribution is 2.36. The molecule has 6 aromatic rings. The summed E-state index contributed by atoms with van der Waals surface area (Å²) in [4.78, 5) is 47.9. The van der Waals surface area contributed by atoms with Crippen LogP contribution in [-0.2, 0) is 62.9 Å². The number of urea groups is 1. The van der Waals surface area contributed by atoms with Crippen LogP contribution in [-0.4, -0.2) is 147 Å². The number of thiophene rings is 1. The number of nitrogens with one attached hydrogen (secondary N) is 5. The molecule has 3 fully saturated rings. The van der Waals surface area contributed by atoms with Gasteiger partial charge in [-0.05, 0) is 92.1 Å². The van der Waals surface area contributed by atoms with Gasteiger partial charge in [0.05, 0.1) is 82.0 Å². The Hall–Kier alpha value is -6.82. The second-order valence-electron chi connectivity index (χ2n) is 20.3. The quantitative estimate of drug-likeness (QED) is 0.0167. The number of rotatable bonds is 30. The van der Waals surface area contributed by atoms with E-state index in [0.29, 0.717) is 116 Å². The molecule has 0 spiro atoms. The Balaban J connectivity index is 0.670. The molecule has 432 valence electrons. The van der Waals surface area contributed by atoms with Crippen LogP contribution in [0.5, 0.6) is 5.75 Å². The van der Waals surface area contributed by atoms with Crippen molar-refractivity contribution in [3.05, 3.63) is 101 Å². The van der Waals surface area contributed by atoms with Gasteiger partial charge in [-0.15, -0.1) is 16.4 Å². The molecular formula is C56H68F3N13O7S2. The lowest BCUT2D eigenvalue weighted by molar-refractivity contribution is -0.126. The summed E-state index contributed by atoms with van der Waals surface area (Å²) in [7, 11) is 0. The lowest BCUT2D eigenvalue weighted by Gasteiger charge is -2.33. The highest BCUT2D eigenvalue weighted by molar-refractivity contribution is 8.00. The van der Waals surface area contributed by atoms with E-state index < -0.39 is 12.6 Å². The Morgan fingerprint density at radius 3 is 2.57 bits per heavy atom. The minimum absolute atomic E-state index is 0.0128. The number of halogens is 3. The summed E-state index contributed by atoms with van der Waals surface area (Å²) < 4.78 is 66.2. The lowest BCUT2D eigenvalue weighted by Crippen LogP contribution is -2.39. The molecule has 2 aromatic carbocycles. The van der Waals surface area contributed by atoms with Gasteiger partial charge in [0, 0.05) is 72.0 Å². The first-order chi connectivity index (χ1) is 39.3. The number of amides is 4. The Morgan fingerprint density at radius 2 is 1.78 bits per heavy atom. The molecule has 3 atom stereocenters. The van der Waals surface area contributed by atoms with Crippen LogP contribution >= 0.6 is 23.1 Å². The van der Waals surface area contributed by atoms with Gasteiger partial charge >= 0.3 is 12.2 Å². The first-order valence-electron chi connectivity index (χ1n) is 27.4. The number of hydrogen-bond acceptors (Lipinski definition) is 16. The van der Waals surface area contributed by atoms with Gasteiger partial charge in [0.1, 0.15) is 46.8 Å². The first-order valence-corrected chi connectivity index (χ1v) is 29.2. The molecule has 20 nitrogen and oxygen atoms in total. The van der Waals surface area contributed by atoms with Crippen LogP contribution in [0.4, 0.5) is 29.5 Å². The number of piperidine rings is 1. The van der Waals surface area contributed by atoms with Crippen LogP contribution in [0.15, 0.2) is 67.6 Å². The standard InChI is InChI=1S/C56H68F3N13O7S2/c1-3-50(73)65-45-10-8-37(26-48(45)79-33-40-32-71(69-68-40)19-21-77-23-25-78-24-22-76-20-15-61-51(74)7-5-4-6-49-52-46(34-80-49)66-55(75)67-52)12-18-72-41(30-60)27-43-36(2)38(9-11-47(43)72)31-70-16-13-39(14-17-70)64-53-44-28-42(29-56(57,58)59)81-54(44)63-35-62-53/h3,8-11,26-28,32,35,39,46,49,52H,1,4-7,12-25,29,31,33-34H2,2H3,(H,61,74)(H,65,73)(H,62,63,64)(H2,66,67,75)/t46-,49-,52-/m1/s1. The zero-order valence-corrected chi connectivity index (χ0v) is 46.9. The largest absolute Gasteiger partial charge is 0.485 e. The van der Waals surface area contributed by atoms with Gasteiger partial charge < -0.3 is 50.1 Å². The Bertz CT molecular complexity index is 3170. The lowest BCUT2D eigenvalue weighted by atomic mass is 10.0. The number of fused-ring (bicyclic) bond motifs is 3. The Kier molecular flexibility index (Phi) is 20.5. The maximum absolute atomic E-state index is 13.1. The summed E-state index contributed by atoms with van der Waals surface area (Å²) >= 11 is 2.93. The monoisotopic (exact) mass is 1160 g/mol. The summed E-state index contributed by atoms with van der Waals surface area (Å²) in [5.41, 5.74) is 5.77. The molecule has 4 aromatic heterocycles. The molecule has 7 heterocycles. The van der Waals surface area contributed by atoms with Crippen molar-refractivity contribution in [3.8, 4) is 11.8 Å². The van der Waals surface area contributed by atoms with Crippen molar-refractivity contribution in [3.63, 3.8) is 0 Å². The molecule has 81 heavy (non-hydrogen) atoms. The number of ether oxygens (including phenoxy) is 4. The van der Waals surface area contributed by atoms with Crippen LogP contribution in [0.2, 0.25) is 0 Å². The zero-order chi connectivity index (χ0) is 56.7. The van der Waals surface area contributed by atoms with Crippen molar-refractivity contribution in [1.29, 1.82) is 5.26 Å². The van der Waals surface area contributed by atoms with Crippen molar-refractivity contribution >= 4 is 73.6 Å². The number of nitriles is 1. The molecule has 25 heteroatoms. The molecule has 9 rings (SSSR count). The molecule has 3 saturated heterocycles. The molecule has 0 unspecified atom stereocenters. The van der Waals surface area contributed by atoms with E-state index in [0.717, 1.165) is 90.9 Å². The number of hydrogen-bond donors (Lipinski definition) is 5. The zero-order valence-electron chi connectivity index (χ0n) is 45.2. The normalized spacial score (nSPS) is 17.5. The predicted molar refractivity (Wildman–Crippen MR) is 303 cm³/mol. The van der Waals surface area contributed by atoms with Gasteiger partial charge in [0.2, 0.25) is 11.8 Å². The molecule has 0 saturated carbocycles. The third kappa shape index (κ3) is 16.4. The van der Waals surface area contributed by atoms with Gasteiger partial charge in [-0.3, -0.25) is 14.5 Å². The van der Waals surface area contributed by atoms with Crippen LogP contribution < -0.4 is 31.3 Å². The number of carbonyl (C=O) groups is 3. The van der Waals surface area contributed by atoms with Gasteiger partial charge in [0.15, 0.2) is 0 Å². The van der Waals surface area contributed by atoms with Gasteiger partial charge in [-0.2, -0.15) is 30.2 Å². The third-order valence-electron chi connectivity index (χ3n) is 14.6. The second-order valence-corrected chi connectivity index (χ2v) is 22.7. The van der Waals surface area contributed by atoms with Gasteiger partial charge in [0.25, 0.3) is 0 Å². The number of anilines is 2. The minimum atomic E-state index is -4.29. The molecule has 3 aliphatic heterocycles. The minimum Gasteiger partial charge on any atom is -0.485 e. The van der Waals surface area contributed by atoms with E-state index in [9.17, 15) is 32.8 Å². The van der Waals surface area contributed by atoms with Crippen LogP contribution in [0.25, 0.3) is 21.1 Å². The molecule has 3 aliphatic rings. The highest BCUT2D eigenvalue weighted by atomic mass is 32.2. The Labute approximate surface area is 475 Å². The van der Waals surface area contributed by atoms with E-state index in [4.69, 9.17) is 18.9 Å². The number of carbonyl (C=O) groups excluding carboxylic acids is 3. The number of aryl methyl sites for hydroxylation is 3. The van der Waals surface area contributed by atoms with E-state index in [-0.39, 0.29) is 47.5 Å². The van der Waals surface area contributed by atoms with Gasteiger partial charge in [-0.25, -0.2) is 19.4 Å². The molecule has 0 bridgehead atoms. The molecule has 0 radical (unpaired) electrons.